The van der Waals surface area contributed by atoms with Crippen LogP contribution in [0.15, 0.2) is 0 Å². The highest BCUT2D eigenvalue weighted by Gasteiger charge is 2.74. The van der Waals surface area contributed by atoms with Gasteiger partial charge in [0.15, 0.2) is 0 Å². The molecule has 0 bridgehead atoms. The summed E-state index contributed by atoms with van der Waals surface area (Å²) in [7, 11) is -0.283. The van der Waals surface area contributed by atoms with Crippen LogP contribution in [0.1, 0.15) is 41.5 Å². The summed E-state index contributed by atoms with van der Waals surface area (Å²) in [6.45, 7) is 12.5. The molecule has 0 saturated carbocycles. The van der Waals surface area contributed by atoms with E-state index in [1.54, 1.807) is 0 Å². The molecule has 2 saturated heterocycles. The first kappa shape index (κ1) is 12.7. The molecule has 0 amide bonds. The van der Waals surface area contributed by atoms with Crippen LogP contribution in [-0.2, 0) is 13.6 Å². The van der Waals surface area contributed by atoms with E-state index in [1.807, 2.05) is 7.05 Å². The van der Waals surface area contributed by atoms with Gasteiger partial charge in [-0.15, -0.1) is 4.67 Å². The van der Waals surface area contributed by atoms with Gasteiger partial charge in [-0.05, 0) is 41.5 Å². The van der Waals surface area contributed by atoms with Gasteiger partial charge in [0.05, 0.1) is 6.04 Å². The van der Waals surface area contributed by atoms with Gasteiger partial charge in [-0.3, -0.25) is 0 Å². The van der Waals surface area contributed by atoms with Gasteiger partial charge < -0.3 is 0 Å². The highest BCUT2D eigenvalue weighted by molar-refractivity contribution is 7.59. The average Bonchev–Trinajstić information content (AvgIpc) is 2.40. The Morgan fingerprint density at radius 1 is 1.00 bits per heavy atom. The Bertz CT molecular complexity index is 290. The summed E-state index contributed by atoms with van der Waals surface area (Å²) >= 11 is 0. The highest BCUT2D eigenvalue weighted by Crippen LogP contribution is 2.78. The van der Waals surface area contributed by atoms with Gasteiger partial charge in [0.1, 0.15) is 17.3 Å². The number of hydrogen-bond donors (Lipinski definition) is 0. The van der Waals surface area contributed by atoms with Crippen LogP contribution in [-0.4, -0.2) is 35.1 Å². The van der Waals surface area contributed by atoms with Crippen molar-refractivity contribution in [1.82, 2.24) is 4.67 Å². The Balaban J connectivity index is 2.31. The third-order valence-corrected chi connectivity index (χ3v) is 7.20. The van der Waals surface area contributed by atoms with Crippen molar-refractivity contribution in [2.24, 2.45) is 0 Å². The van der Waals surface area contributed by atoms with Crippen LogP contribution < -0.4 is 0 Å². The zero-order chi connectivity index (χ0) is 12.4. The van der Waals surface area contributed by atoms with Gasteiger partial charge in [-0.2, -0.15) is 13.6 Å². The van der Waals surface area contributed by atoms with Crippen molar-refractivity contribution in [3.05, 3.63) is 0 Å². The summed E-state index contributed by atoms with van der Waals surface area (Å²) in [5, 5.41) is 0. The lowest BCUT2D eigenvalue weighted by Crippen LogP contribution is -2.41. The van der Waals surface area contributed by atoms with E-state index < -0.39 is 8.09 Å². The summed E-state index contributed by atoms with van der Waals surface area (Å²) in [6.07, 6.45) is 0.156. The Morgan fingerprint density at radius 3 is 1.75 bits per heavy atom. The fourth-order valence-electron chi connectivity index (χ4n) is 1.89. The van der Waals surface area contributed by atoms with Crippen LogP contribution in [0.3, 0.4) is 0 Å². The topological polar surface area (TPSA) is 30.9 Å². The van der Waals surface area contributed by atoms with Crippen LogP contribution >= 0.6 is 8.09 Å². The molecule has 2 atom stereocenters. The molecular formula is C11H23NO3P+. The van der Waals surface area contributed by atoms with E-state index in [4.69, 9.17) is 13.6 Å². The number of hydrogen-bond acceptors (Lipinski definition) is 4. The molecule has 0 aromatic heterocycles. The zero-order valence-corrected chi connectivity index (χ0v) is 12.2. The Hall–Kier alpha value is 0.270. The first-order valence-electron chi connectivity index (χ1n) is 5.84. The molecule has 2 aliphatic heterocycles. The van der Waals surface area contributed by atoms with Gasteiger partial charge in [-0.25, -0.2) is 0 Å². The monoisotopic (exact) mass is 248 g/mol. The van der Waals surface area contributed by atoms with Gasteiger partial charge in [-0.1, -0.05) is 0 Å². The molecule has 0 aromatic carbocycles. The molecule has 5 heteroatoms. The standard InChI is InChI=1S/C11H23NO3P/c1-8-9(2)13-16(12(8)7)14-10(3,4)11(5,6)15-16/h8-9H,1-7H3/q+1. The highest BCUT2D eigenvalue weighted by atomic mass is 31.2. The number of nitrogens with zero attached hydrogens (tertiary/aromatic N) is 1. The molecule has 0 radical (unpaired) electrons. The summed E-state index contributed by atoms with van der Waals surface area (Å²) in [5.74, 6) is 0. The second-order valence-electron chi connectivity index (χ2n) is 5.80. The fraction of sp³-hybridized carbons (Fsp3) is 1.00. The first-order chi connectivity index (χ1) is 7.11. The van der Waals surface area contributed by atoms with Crippen LogP contribution in [0.4, 0.5) is 0 Å². The Morgan fingerprint density at radius 2 is 1.44 bits per heavy atom. The second-order valence-corrected chi connectivity index (χ2v) is 7.94. The van der Waals surface area contributed by atoms with Crippen LogP contribution in [0.5, 0.6) is 0 Å². The van der Waals surface area contributed by atoms with E-state index >= 15 is 0 Å². The average molecular weight is 248 g/mol. The minimum absolute atomic E-state index is 0.156. The van der Waals surface area contributed by atoms with Crippen molar-refractivity contribution in [2.45, 2.75) is 64.9 Å². The zero-order valence-electron chi connectivity index (χ0n) is 11.3. The van der Waals surface area contributed by atoms with Gasteiger partial charge in [0.2, 0.25) is 0 Å². The van der Waals surface area contributed by atoms with Crippen molar-refractivity contribution in [3.8, 4) is 0 Å². The molecule has 2 fully saturated rings. The van der Waals surface area contributed by atoms with Crippen molar-refractivity contribution in [3.63, 3.8) is 0 Å². The Kier molecular flexibility index (Phi) is 2.70. The van der Waals surface area contributed by atoms with Crippen LogP contribution in [0, 0.1) is 0 Å². The second kappa shape index (κ2) is 3.39. The molecule has 2 aliphatic rings. The summed E-state index contributed by atoms with van der Waals surface area (Å²) in [6, 6.07) is 0.332. The van der Waals surface area contributed by atoms with E-state index in [0.29, 0.717) is 6.04 Å². The maximum atomic E-state index is 6.16. The smallest absolute Gasteiger partial charge is 0.158 e. The minimum atomic E-state index is -2.31. The molecule has 0 aliphatic carbocycles. The SMILES string of the molecule is CC1O[P+]2(OC(C)(C)C(C)(C)O2)N(C)C1C. The quantitative estimate of drug-likeness (QED) is 0.617. The summed E-state index contributed by atoms with van der Waals surface area (Å²) in [5.41, 5.74) is -0.641. The normalized spacial score (nSPS) is 40.7. The molecule has 0 N–H and O–H groups in total. The lowest BCUT2D eigenvalue weighted by molar-refractivity contribution is 0.00578. The molecule has 16 heavy (non-hydrogen) atoms. The molecule has 1 spiro atoms. The van der Waals surface area contributed by atoms with Crippen molar-refractivity contribution < 1.29 is 13.6 Å². The summed E-state index contributed by atoms with van der Waals surface area (Å²) < 4.78 is 20.4. The largest absolute Gasteiger partial charge is 0.506 e. The van der Waals surface area contributed by atoms with Gasteiger partial charge in [0, 0.05) is 7.05 Å². The first-order valence-corrected chi connectivity index (χ1v) is 7.33. The lowest BCUT2D eigenvalue weighted by Gasteiger charge is -2.24. The predicted molar refractivity (Wildman–Crippen MR) is 65.0 cm³/mol. The van der Waals surface area contributed by atoms with Crippen LogP contribution in [0.2, 0.25) is 0 Å². The molecule has 2 rings (SSSR count). The maximum Gasteiger partial charge on any atom is 0.506 e. The van der Waals surface area contributed by atoms with E-state index in [0.717, 1.165) is 0 Å². The van der Waals surface area contributed by atoms with Gasteiger partial charge >= 0.3 is 8.09 Å². The fourth-order valence-corrected chi connectivity index (χ4v) is 5.24. The van der Waals surface area contributed by atoms with E-state index in [1.165, 1.54) is 0 Å². The minimum Gasteiger partial charge on any atom is -0.158 e. The van der Waals surface area contributed by atoms with E-state index in [-0.39, 0.29) is 17.3 Å². The maximum absolute atomic E-state index is 6.16. The van der Waals surface area contributed by atoms with Crippen LogP contribution in [0.25, 0.3) is 0 Å². The third kappa shape index (κ3) is 1.55. The lowest BCUT2D eigenvalue weighted by atomic mass is 9.90. The van der Waals surface area contributed by atoms with E-state index in [9.17, 15) is 0 Å². The van der Waals surface area contributed by atoms with Gasteiger partial charge in [0.25, 0.3) is 0 Å². The van der Waals surface area contributed by atoms with Crippen molar-refractivity contribution in [2.75, 3.05) is 7.05 Å². The molecule has 2 heterocycles. The van der Waals surface area contributed by atoms with E-state index in [2.05, 4.69) is 46.2 Å². The third-order valence-electron chi connectivity index (χ3n) is 4.09. The molecule has 94 valence electrons. The molecule has 0 aromatic rings. The molecule has 2 unspecified atom stereocenters. The number of likely N-dealkylation sites (N-methyl/N-ethyl adjacent to an activating group) is 1. The Labute approximate surface area is 98.9 Å². The number of rotatable bonds is 0. The van der Waals surface area contributed by atoms with Crippen molar-refractivity contribution in [1.29, 1.82) is 0 Å². The molecular weight excluding hydrogens is 225 g/mol. The summed E-state index contributed by atoms with van der Waals surface area (Å²) in [4.78, 5) is 0. The van der Waals surface area contributed by atoms with Crippen molar-refractivity contribution >= 4 is 8.09 Å². The predicted octanol–water partition coefficient (Wildman–Crippen LogP) is 3.01. The molecule has 4 nitrogen and oxygen atoms in total.